The third kappa shape index (κ3) is 4.98. The maximum absolute atomic E-state index is 12.8. The van der Waals surface area contributed by atoms with Gasteiger partial charge in [-0.15, -0.1) is 0 Å². The number of sulfonamides is 1. The van der Waals surface area contributed by atoms with Crippen LogP contribution in [0.25, 0.3) is 0 Å². The van der Waals surface area contributed by atoms with Gasteiger partial charge in [-0.1, -0.05) is 18.2 Å². The second kappa shape index (κ2) is 8.98. The Morgan fingerprint density at radius 1 is 1.03 bits per heavy atom. The van der Waals surface area contributed by atoms with Crippen LogP contribution in [0.4, 0.5) is 10.5 Å². The van der Waals surface area contributed by atoms with Gasteiger partial charge in [0.25, 0.3) is 11.1 Å². The quantitative estimate of drug-likeness (QED) is 0.730. The van der Waals surface area contributed by atoms with E-state index >= 15 is 0 Å². The zero-order valence-corrected chi connectivity index (χ0v) is 17.9. The van der Waals surface area contributed by atoms with Crippen molar-refractivity contribution >= 4 is 38.6 Å². The van der Waals surface area contributed by atoms with E-state index in [0.29, 0.717) is 23.7 Å². The van der Waals surface area contributed by atoms with Crippen molar-refractivity contribution in [2.45, 2.75) is 22.6 Å². The Bertz CT molecular complexity index is 1020. The number of para-hydroxylation sites is 1. The number of amides is 2. The molecular formula is C20H23N3O4S2. The fraction of sp³-hybridized carbons (Fsp3) is 0.300. The number of nitrogens with zero attached hydrogens (tertiary/aromatic N) is 2. The van der Waals surface area contributed by atoms with Crippen molar-refractivity contribution in [1.29, 1.82) is 0 Å². The maximum Gasteiger partial charge on any atom is 0.286 e. The Balaban J connectivity index is 1.81. The number of thioether (sulfide) groups is 1. The summed E-state index contributed by atoms with van der Waals surface area (Å²) in [5.41, 5.74) is 0.731. The minimum absolute atomic E-state index is 0.109. The molecule has 1 fully saturated rings. The van der Waals surface area contributed by atoms with Crippen molar-refractivity contribution in [3.63, 3.8) is 0 Å². The zero-order chi connectivity index (χ0) is 21.0. The minimum atomic E-state index is -3.60. The summed E-state index contributed by atoms with van der Waals surface area (Å²) in [6.45, 7) is 1.01. The van der Waals surface area contributed by atoms with Crippen LogP contribution in [0.1, 0.15) is 23.2 Å². The Morgan fingerprint density at radius 3 is 2.41 bits per heavy atom. The molecule has 2 aromatic carbocycles. The summed E-state index contributed by atoms with van der Waals surface area (Å²) in [5.74, 6) is -0.436. The van der Waals surface area contributed by atoms with Crippen molar-refractivity contribution in [2.75, 3.05) is 32.5 Å². The van der Waals surface area contributed by atoms with Crippen LogP contribution in [0.15, 0.2) is 58.3 Å². The van der Waals surface area contributed by atoms with E-state index in [1.165, 1.54) is 21.3 Å². The smallest absolute Gasteiger partial charge is 0.286 e. The third-order valence-corrected chi connectivity index (χ3v) is 7.51. The van der Waals surface area contributed by atoms with Crippen molar-refractivity contribution in [2.24, 2.45) is 0 Å². The molecule has 1 heterocycles. The summed E-state index contributed by atoms with van der Waals surface area (Å²) in [4.78, 5) is 26.9. The molecule has 29 heavy (non-hydrogen) atoms. The molecule has 2 amide bonds. The lowest BCUT2D eigenvalue weighted by molar-refractivity contribution is 0.102. The molecule has 0 aromatic heterocycles. The van der Waals surface area contributed by atoms with Crippen molar-refractivity contribution in [3.8, 4) is 0 Å². The molecule has 0 atom stereocenters. The van der Waals surface area contributed by atoms with Crippen LogP contribution in [0.5, 0.6) is 0 Å². The van der Waals surface area contributed by atoms with Gasteiger partial charge in [0.05, 0.1) is 10.6 Å². The molecule has 0 bridgehead atoms. The van der Waals surface area contributed by atoms with Crippen LogP contribution in [-0.4, -0.2) is 56.0 Å². The first-order valence-electron chi connectivity index (χ1n) is 9.19. The highest BCUT2D eigenvalue weighted by Gasteiger charge is 2.27. The molecule has 154 valence electrons. The van der Waals surface area contributed by atoms with Gasteiger partial charge >= 0.3 is 0 Å². The Kier molecular flexibility index (Phi) is 6.61. The Morgan fingerprint density at radius 2 is 1.72 bits per heavy atom. The van der Waals surface area contributed by atoms with Gasteiger partial charge in [0.2, 0.25) is 10.0 Å². The van der Waals surface area contributed by atoms with E-state index in [4.69, 9.17) is 0 Å². The predicted octanol–water partition coefficient (Wildman–Crippen LogP) is 3.50. The molecule has 1 aliphatic heterocycles. The van der Waals surface area contributed by atoms with Crippen molar-refractivity contribution in [3.05, 3.63) is 54.1 Å². The summed E-state index contributed by atoms with van der Waals surface area (Å²) in [5, 5.41) is 2.62. The monoisotopic (exact) mass is 433 g/mol. The van der Waals surface area contributed by atoms with Gasteiger partial charge in [0, 0.05) is 37.6 Å². The van der Waals surface area contributed by atoms with E-state index in [0.717, 1.165) is 24.6 Å². The van der Waals surface area contributed by atoms with E-state index in [9.17, 15) is 18.0 Å². The van der Waals surface area contributed by atoms with Crippen LogP contribution in [-0.2, 0) is 10.0 Å². The van der Waals surface area contributed by atoms with Crippen LogP contribution in [0.3, 0.4) is 0 Å². The van der Waals surface area contributed by atoms with Gasteiger partial charge in [-0.05, 0) is 54.9 Å². The lowest BCUT2D eigenvalue weighted by Crippen LogP contribution is -2.28. The molecule has 3 rings (SSSR count). The SMILES string of the molecule is CN(C)C(=O)Sc1ccccc1NC(=O)c1cccc(S(=O)(=O)N2CCCC2)c1. The zero-order valence-electron chi connectivity index (χ0n) is 16.3. The largest absolute Gasteiger partial charge is 0.339 e. The van der Waals surface area contributed by atoms with Crippen molar-refractivity contribution in [1.82, 2.24) is 9.21 Å². The topological polar surface area (TPSA) is 86.8 Å². The van der Waals surface area contributed by atoms with E-state index in [2.05, 4.69) is 5.32 Å². The van der Waals surface area contributed by atoms with Gasteiger partial charge in [-0.2, -0.15) is 4.31 Å². The summed E-state index contributed by atoms with van der Waals surface area (Å²) >= 11 is 1.01. The van der Waals surface area contributed by atoms with Gasteiger partial charge in [-0.3, -0.25) is 9.59 Å². The molecule has 1 saturated heterocycles. The summed E-state index contributed by atoms with van der Waals surface area (Å²) in [6, 6.07) is 13.0. The highest BCUT2D eigenvalue weighted by Crippen LogP contribution is 2.29. The molecule has 9 heteroatoms. The van der Waals surface area contributed by atoms with E-state index in [1.54, 1.807) is 50.5 Å². The molecule has 0 aliphatic carbocycles. The molecule has 0 spiro atoms. The highest BCUT2D eigenvalue weighted by atomic mass is 32.2. The number of carbonyl (C=O) groups excluding carboxylic acids is 2. The molecule has 0 saturated carbocycles. The minimum Gasteiger partial charge on any atom is -0.339 e. The predicted molar refractivity (Wildman–Crippen MR) is 114 cm³/mol. The van der Waals surface area contributed by atoms with Gasteiger partial charge in [0.1, 0.15) is 0 Å². The van der Waals surface area contributed by atoms with Crippen LogP contribution in [0, 0.1) is 0 Å². The first-order valence-corrected chi connectivity index (χ1v) is 11.4. The average Bonchev–Trinajstić information content (AvgIpc) is 3.25. The van der Waals surface area contributed by atoms with Gasteiger partial charge < -0.3 is 10.2 Å². The van der Waals surface area contributed by atoms with Crippen LogP contribution < -0.4 is 5.32 Å². The highest BCUT2D eigenvalue weighted by molar-refractivity contribution is 8.13. The van der Waals surface area contributed by atoms with Gasteiger partial charge in [-0.25, -0.2) is 8.42 Å². The molecule has 2 aromatic rings. The number of benzene rings is 2. The lowest BCUT2D eigenvalue weighted by Gasteiger charge is -2.16. The molecular weight excluding hydrogens is 410 g/mol. The molecule has 0 unspecified atom stereocenters. The van der Waals surface area contributed by atoms with Crippen molar-refractivity contribution < 1.29 is 18.0 Å². The molecule has 7 nitrogen and oxygen atoms in total. The molecule has 1 aliphatic rings. The number of hydrogen-bond acceptors (Lipinski definition) is 5. The number of rotatable bonds is 5. The number of carbonyl (C=O) groups is 2. The van der Waals surface area contributed by atoms with Gasteiger partial charge in [0.15, 0.2) is 0 Å². The van der Waals surface area contributed by atoms with E-state index < -0.39 is 15.9 Å². The number of anilines is 1. The molecule has 0 radical (unpaired) electrons. The first-order chi connectivity index (χ1) is 13.8. The fourth-order valence-corrected chi connectivity index (χ4v) is 5.22. The average molecular weight is 434 g/mol. The van der Waals surface area contributed by atoms with Crippen LogP contribution >= 0.6 is 11.8 Å². The van der Waals surface area contributed by atoms with E-state index in [1.807, 2.05) is 0 Å². The Labute approximate surface area is 175 Å². The lowest BCUT2D eigenvalue weighted by atomic mass is 10.2. The third-order valence-electron chi connectivity index (χ3n) is 4.50. The fourth-order valence-electron chi connectivity index (χ4n) is 2.91. The Hall–Kier alpha value is -2.36. The van der Waals surface area contributed by atoms with E-state index in [-0.39, 0.29) is 15.7 Å². The maximum atomic E-state index is 12.8. The second-order valence-corrected chi connectivity index (χ2v) is 9.78. The first kappa shape index (κ1) is 21.4. The normalized spacial score (nSPS) is 14.6. The summed E-state index contributed by atoms with van der Waals surface area (Å²) in [6.07, 6.45) is 1.69. The van der Waals surface area contributed by atoms with Crippen LogP contribution in [0.2, 0.25) is 0 Å². The summed E-state index contributed by atoms with van der Waals surface area (Å²) in [7, 11) is -0.291. The second-order valence-electron chi connectivity index (χ2n) is 6.85. The molecule has 1 N–H and O–H groups in total. The standard InChI is InChI=1S/C20H23N3O4S2/c1-22(2)20(25)28-18-11-4-3-10-17(18)21-19(24)15-8-7-9-16(14-15)29(26,27)23-12-5-6-13-23/h3-4,7-11,14H,5-6,12-13H2,1-2H3,(H,21,24). The number of hydrogen-bond donors (Lipinski definition) is 1. The number of nitrogens with one attached hydrogen (secondary N) is 1. The summed E-state index contributed by atoms with van der Waals surface area (Å²) < 4.78 is 27.0.